The number of nitrogens with one attached hydrogen (secondary N) is 2. The van der Waals surface area contributed by atoms with Crippen molar-refractivity contribution < 1.29 is 14.6 Å². The fourth-order valence-electron chi connectivity index (χ4n) is 1.57. The lowest BCUT2D eigenvalue weighted by molar-refractivity contribution is 0.0975. The van der Waals surface area contributed by atoms with Crippen LogP contribution in [0, 0.1) is 0 Å². The minimum Gasteiger partial charge on any atom is -0.494 e. The third-order valence-corrected chi connectivity index (χ3v) is 2.90. The van der Waals surface area contributed by atoms with Crippen LogP contribution in [0.2, 0.25) is 0 Å². The Kier molecular flexibility index (Phi) is 6.97. The average Bonchev–Trinajstić information content (AvgIpc) is 2.45. The van der Waals surface area contributed by atoms with E-state index in [9.17, 15) is 4.79 Å². The number of aliphatic hydroxyl groups excluding tert-OH is 1. The third-order valence-electron chi connectivity index (χ3n) is 2.68. The van der Waals surface area contributed by atoms with E-state index in [1.54, 1.807) is 24.3 Å². The smallest absolute Gasteiger partial charge is 0.257 e. The van der Waals surface area contributed by atoms with E-state index in [0.717, 1.165) is 0 Å². The van der Waals surface area contributed by atoms with Crippen molar-refractivity contribution in [2.45, 2.75) is 26.3 Å². The van der Waals surface area contributed by atoms with Crippen LogP contribution in [0.4, 0.5) is 0 Å². The zero-order valence-electron chi connectivity index (χ0n) is 11.7. The first kappa shape index (κ1) is 16.4. The van der Waals surface area contributed by atoms with E-state index >= 15 is 0 Å². The largest absolute Gasteiger partial charge is 0.494 e. The van der Waals surface area contributed by atoms with Gasteiger partial charge in [0.05, 0.1) is 19.3 Å². The van der Waals surface area contributed by atoms with Gasteiger partial charge >= 0.3 is 0 Å². The van der Waals surface area contributed by atoms with Gasteiger partial charge in [-0.25, -0.2) is 0 Å². The van der Waals surface area contributed by atoms with Crippen molar-refractivity contribution in [3.63, 3.8) is 0 Å². The predicted molar refractivity (Wildman–Crippen MR) is 82.0 cm³/mol. The lowest BCUT2D eigenvalue weighted by Crippen LogP contribution is -2.45. The standard InChI is InChI=1S/C14H20N2O3S/c1-3-11(9-17)15-14(20)16-13(18)10-6-5-7-12(8-10)19-4-2/h5-8,11,17H,3-4,9H2,1-2H3,(H2,15,16,18,20). The number of aliphatic hydroxyl groups is 1. The molecule has 0 saturated carbocycles. The fraction of sp³-hybridized carbons (Fsp3) is 0.429. The molecule has 0 aliphatic carbocycles. The second-order valence-corrected chi connectivity index (χ2v) is 4.58. The first-order valence-electron chi connectivity index (χ1n) is 6.56. The highest BCUT2D eigenvalue weighted by Crippen LogP contribution is 2.13. The summed E-state index contributed by atoms with van der Waals surface area (Å²) in [7, 11) is 0. The maximum atomic E-state index is 12.0. The molecule has 0 fully saturated rings. The molecule has 1 aromatic rings. The SMILES string of the molecule is CCOc1cccc(C(=O)NC(=S)NC(CC)CO)c1. The monoisotopic (exact) mass is 296 g/mol. The van der Waals surface area contributed by atoms with Gasteiger partial charge in [-0.2, -0.15) is 0 Å². The highest BCUT2D eigenvalue weighted by Gasteiger charge is 2.11. The van der Waals surface area contributed by atoms with Crippen molar-refractivity contribution in [1.82, 2.24) is 10.6 Å². The number of benzene rings is 1. The summed E-state index contributed by atoms with van der Waals surface area (Å²) in [5.41, 5.74) is 0.470. The van der Waals surface area contributed by atoms with Crippen LogP contribution in [-0.2, 0) is 0 Å². The molecule has 6 heteroatoms. The van der Waals surface area contributed by atoms with E-state index in [0.29, 0.717) is 24.3 Å². The number of carbonyl (C=O) groups excluding carboxylic acids is 1. The number of rotatable bonds is 6. The molecule has 0 saturated heterocycles. The van der Waals surface area contributed by atoms with Crippen LogP contribution in [0.25, 0.3) is 0 Å². The molecule has 1 atom stereocenters. The summed E-state index contributed by atoms with van der Waals surface area (Å²) < 4.78 is 5.34. The van der Waals surface area contributed by atoms with Gasteiger partial charge in [0, 0.05) is 5.56 Å². The van der Waals surface area contributed by atoms with Crippen LogP contribution in [0.3, 0.4) is 0 Å². The Balaban J connectivity index is 2.61. The van der Waals surface area contributed by atoms with Gasteiger partial charge in [-0.15, -0.1) is 0 Å². The molecule has 1 unspecified atom stereocenters. The number of amides is 1. The molecule has 0 radical (unpaired) electrons. The molecule has 1 aromatic carbocycles. The Hall–Kier alpha value is -1.66. The van der Waals surface area contributed by atoms with E-state index in [2.05, 4.69) is 10.6 Å². The summed E-state index contributed by atoms with van der Waals surface area (Å²) in [4.78, 5) is 12.0. The number of thiocarbonyl (C=S) groups is 1. The van der Waals surface area contributed by atoms with Gasteiger partial charge in [0.15, 0.2) is 5.11 Å². The lowest BCUT2D eigenvalue weighted by atomic mass is 10.2. The van der Waals surface area contributed by atoms with Crippen LogP contribution >= 0.6 is 12.2 Å². The minimum absolute atomic E-state index is 0.0354. The molecule has 0 aliphatic rings. The molecule has 0 heterocycles. The van der Waals surface area contributed by atoms with Crippen molar-refractivity contribution in [2.75, 3.05) is 13.2 Å². The first-order chi connectivity index (χ1) is 9.60. The van der Waals surface area contributed by atoms with Crippen molar-refractivity contribution in [1.29, 1.82) is 0 Å². The second kappa shape index (κ2) is 8.50. The quantitative estimate of drug-likeness (QED) is 0.693. The van der Waals surface area contributed by atoms with Gasteiger partial charge < -0.3 is 15.2 Å². The van der Waals surface area contributed by atoms with Crippen LogP contribution in [0.5, 0.6) is 5.75 Å². The molecule has 0 spiro atoms. The van der Waals surface area contributed by atoms with E-state index in [1.807, 2.05) is 13.8 Å². The summed E-state index contributed by atoms with van der Waals surface area (Å²) in [6, 6.07) is 6.72. The van der Waals surface area contributed by atoms with Gasteiger partial charge in [-0.3, -0.25) is 10.1 Å². The summed E-state index contributed by atoms with van der Waals surface area (Å²) in [5.74, 6) is 0.331. The van der Waals surface area contributed by atoms with Crippen LogP contribution in [0.1, 0.15) is 30.6 Å². The van der Waals surface area contributed by atoms with E-state index in [-0.39, 0.29) is 23.7 Å². The lowest BCUT2D eigenvalue weighted by Gasteiger charge is -2.16. The normalized spacial score (nSPS) is 11.6. The van der Waals surface area contributed by atoms with Gasteiger partial charge in [0.1, 0.15) is 5.75 Å². The number of hydrogen-bond acceptors (Lipinski definition) is 4. The predicted octanol–water partition coefficient (Wildman–Crippen LogP) is 1.46. The van der Waals surface area contributed by atoms with Gasteiger partial charge in [-0.1, -0.05) is 13.0 Å². The average molecular weight is 296 g/mol. The molecule has 0 bridgehead atoms. The van der Waals surface area contributed by atoms with Crippen LogP contribution in [-0.4, -0.2) is 35.4 Å². The van der Waals surface area contributed by atoms with E-state index in [4.69, 9.17) is 22.1 Å². The summed E-state index contributed by atoms with van der Waals surface area (Å²) >= 11 is 5.04. The van der Waals surface area contributed by atoms with Gasteiger partial charge in [0.2, 0.25) is 0 Å². The fourth-order valence-corrected chi connectivity index (χ4v) is 1.83. The Labute approximate surface area is 124 Å². The molecule has 110 valence electrons. The maximum absolute atomic E-state index is 12.0. The van der Waals surface area contributed by atoms with Gasteiger partial charge in [-0.05, 0) is 43.8 Å². The first-order valence-corrected chi connectivity index (χ1v) is 6.97. The number of ether oxygens (including phenoxy) is 1. The highest BCUT2D eigenvalue weighted by molar-refractivity contribution is 7.80. The van der Waals surface area contributed by atoms with Crippen molar-refractivity contribution in [3.05, 3.63) is 29.8 Å². The van der Waals surface area contributed by atoms with Crippen molar-refractivity contribution >= 4 is 23.2 Å². The molecule has 3 N–H and O–H groups in total. The molecule has 20 heavy (non-hydrogen) atoms. The maximum Gasteiger partial charge on any atom is 0.257 e. The number of hydrogen-bond donors (Lipinski definition) is 3. The molecule has 1 amide bonds. The molecule has 5 nitrogen and oxygen atoms in total. The Morgan fingerprint density at radius 2 is 2.20 bits per heavy atom. The molecule has 0 aliphatic heterocycles. The topological polar surface area (TPSA) is 70.6 Å². The molecular formula is C14H20N2O3S. The third kappa shape index (κ3) is 5.14. The highest BCUT2D eigenvalue weighted by atomic mass is 32.1. The zero-order valence-corrected chi connectivity index (χ0v) is 12.5. The second-order valence-electron chi connectivity index (χ2n) is 4.18. The van der Waals surface area contributed by atoms with Gasteiger partial charge in [0.25, 0.3) is 5.91 Å². The van der Waals surface area contributed by atoms with Crippen LogP contribution < -0.4 is 15.4 Å². The zero-order chi connectivity index (χ0) is 15.0. The summed E-state index contributed by atoms with van der Waals surface area (Å²) in [6.45, 7) is 4.31. The van der Waals surface area contributed by atoms with Crippen LogP contribution in [0.15, 0.2) is 24.3 Å². The Morgan fingerprint density at radius 1 is 1.45 bits per heavy atom. The minimum atomic E-state index is -0.308. The number of carbonyl (C=O) groups is 1. The van der Waals surface area contributed by atoms with Crippen molar-refractivity contribution in [3.8, 4) is 5.75 Å². The molecule has 1 rings (SSSR count). The summed E-state index contributed by atoms with van der Waals surface area (Å²) in [6.07, 6.45) is 0.715. The van der Waals surface area contributed by atoms with Crippen molar-refractivity contribution in [2.24, 2.45) is 0 Å². The van der Waals surface area contributed by atoms with E-state index in [1.165, 1.54) is 0 Å². The molecular weight excluding hydrogens is 276 g/mol. The Morgan fingerprint density at radius 3 is 2.80 bits per heavy atom. The van der Waals surface area contributed by atoms with E-state index < -0.39 is 0 Å². The molecule has 0 aromatic heterocycles. The summed E-state index contributed by atoms with van der Waals surface area (Å²) in [5, 5.41) is 14.7. The Bertz CT molecular complexity index is 461.